The van der Waals surface area contributed by atoms with Gasteiger partial charge in [-0.15, -0.1) is 0 Å². The van der Waals surface area contributed by atoms with Gasteiger partial charge in [0.1, 0.15) is 11.8 Å². The summed E-state index contributed by atoms with van der Waals surface area (Å²) in [6, 6.07) is 0.585. The van der Waals surface area contributed by atoms with E-state index in [1.165, 1.54) is 25.7 Å². The van der Waals surface area contributed by atoms with Gasteiger partial charge in [-0.2, -0.15) is 0 Å². The maximum atomic E-state index is 4.52. The molecule has 0 aromatic carbocycles. The van der Waals surface area contributed by atoms with Gasteiger partial charge in [-0.3, -0.25) is 0 Å². The van der Waals surface area contributed by atoms with Crippen LogP contribution in [0.25, 0.3) is 11.2 Å². The zero-order valence-corrected chi connectivity index (χ0v) is 11.5. The normalized spacial score (nSPS) is 22.5. The average Bonchev–Trinajstić information content (AvgIpc) is 2.93. The molecule has 1 saturated carbocycles. The summed E-state index contributed by atoms with van der Waals surface area (Å²) < 4.78 is 0. The molecule has 1 unspecified atom stereocenters. The summed E-state index contributed by atoms with van der Waals surface area (Å²) in [5.74, 6) is 1.84. The summed E-state index contributed by atoms with van der Waals surface area (Å²) in [6.07, 6.45) is 8.58. The maximum absolute atomic E-state index is 4.52. The van der Waals surface area contributed by atoms with Crippen LogP contribution in [0.2, 0.25) is 0 Å². The summed E-state index contributed by atoms with van der Waals surface area (Å²) >= 11 is 0. The number of nitrogens with one attached hydrogen (secondary N) is 2. The Morgan fingerprint density at radius 3 is 2.90 bits per heavy atom. The quantitative estimate of drug-likeness (QED) is 0.859. The van der Waals surface area contributed by atoms with E-state index in [0.29, 0.717) is 6.04 Å². The minimum absolute atomic E-state index is 0.585. The highest BCUT2D eigenvalue weighted by Crippen LogP contribution is 2.32. The molecule has 20 heavy (non-hydrogen) atoms. The highest BCUT2D eigenvalue weighted by atomic mass is 15.2. The average molecular weight is 272 g/mol. The molecule has 0 spiro atoms. The highest BCUT2D eigenvalue weighted by Gasteiger charge is 2.28. The number of H-pyrrole nitrogens is 1. The third-order valence-electron chi connectivity index (χ3n) is 4.28. The molecule has 6 nitrogen and oxygen atoms in total. The number of aromatic nitrogens is 4. The Labute approximate surface area is 118 Å². The second kappa shape index (κ2) is 5.01. The molecule has 0 radical (unpaired) electrons. The van der Waals surface area contributed by atoms with Crippen LogP contribution < -0.4 is 10.2 Å². The van der Waals surface area contributed by atoms with Crippen LogP contribution in [0.15, 0.2) is 12.7 Å². The van der Waals surface area contributed by atoms with E-state index in [1.807, 2.05) is 0 Å². The van der Waals surface area contributed by atoms with Crippen LogP contribution in [0.5, 0.6) is 0 Å². The number of rotatable bonds is 5. The van der Waals surface area contributed by atoms with Crippen LogP contribution in [-0.4, -0.2) is 45.6 Å². The van der Waals surface area contributed by atoms with E-state index in [1.54, 1.807) is 12.7 Å². The van der Waals surface area contributed by atoms with Crippen molar-refractivity contribution < 1.29 is 0 Å². The highest BCUT2D eigenvalue weighted by molar-refractivity contribution is 5.82. The molecule has 2 aromatic heterocycles. The molecule has 1 aliphatic heterocycles. The minimum atomic E-state index is 0.585. The van der Waals surface area contributed by atoms with E-state index in [-0.39, 0.29) is 0 Å². The number of hydrogen-bond donors (Lipinski definition) is 2. The first-order valence-electron chi connectivity index (χ1n) is 7.52. The molecule has 106 valence electrons. The van der Waals surface area contributed by atoms with Crippen LogP contribution >= 0.6 is 0 Å². The van der Waals surface area contributed by atoms with Crippen molar-refractivity contribution >= 4 is 17.0 Å². The Hall–Kier alpha value is -1.69. The first kappa shape index (κ1) is 12.1. The Balaban J connectivity index is 1.63. The molecule has 1 atom stereocenters. The number of nitrogens with zero attached hydrogens (tertiary/aromatic N) is 4. The predicted molar refractivity (Wildman–Crippen MR) is 77.6 cm³/mol. The lowest BCUT2D eigenvalue weighted by molar-refractivity contribution is 0.568. The molecule has 2 fully saturated rings. The lowest BCUT2D eigenvalue weighted by atomic mass is 10.2. The van der Waals surface area contributed by atoms with Crippen LogP contribution in [-0.2, 0) is 0 Å². The molecule has 1 saturated heterocycles. The molecule has 0 bridgehead atoms. The lowest BCUT2D eigenvalue weighted by Gasteiger charge is -2.27. The third-order valence-corrected chi connectivity index (χ3v) is 4.28. The fraction of sp³-hybridized carbons (Fsp3) is 0.643. The second-order valence-electron chi connectivity index (χ2n) is 5.94. The van der Waals surface area contributed by atoms with Gasteiger partial charge in [0.15, 0.2) is 11.5 Å². The molecule has 0 amide bonds. The SMILES string of the molecule is c1nc(N(CC2CC2)CC2CCCN2)c2[nH]cnc2n1. The third kappa shape index (κ3) is 2.35. The van der Waals surface area contributed by atoms with Crippen molar-refractivity contribution in [2.45, 2.75) is 31.7 Å². The fourth-order valence-corrected chi connectivity index (χ4v) is 3.03. The van der Waals surface area contributed by atoms with Gasteiger partial charge in [0.25, 0.3) is 0 Å². The fourth-order valence-electron chi connectivity index (χ4n) is 3.03. The Bertz CT molecular complexity index is 584. The number of fused-ring (bicyclic) bond motifs is 1. The lowest BCUT2D eigenvalue weighted by Crippen LogP contribution is -2.39. The van der Waals surface area contributed by atoms with E-state index in [4.69, 9.17) is 0 Å². The topological polar surface area (TPSA) is 69.7 Å². The van der Waals surface area contributed by atoms with E-state index < -0.39 is 0 Å². The molecule has 2 N–H and O–H groups in total. The summed E-state index contributed by atoms with van der Waals surface area (Å²) in [5.41, 5.74) is 1.72. The van der Waals surface area contributed by atoms with Crippen molar-refractivity contribution in [1.82, 2.24) is 25.3 Å². The first-order chi connectivity index (χ1) is 9.90. The number of aromatic amines is 1. The molecular formula is C14H20N6. The Morgan fingerprint density at radius 2 is 2.10 bits per heavy atom. The van der Waals surface area contributed by atoms with Crippen molar-refractivity contribution in [2.24, 2.45) is 5.92 Å². The van der Waals surface area contributed by atoms with Crippen molar-refractivity contribution in [3.63, 3.8) is 0 Å². The van der Waals surface area contributed by atoms with E-state index >= 15 is 0 Å². The largest absolute Gasteiger partial charge is 0.353 e. The van der Waals surface area contributed by atoms with E-state index in [0.717, 1.165) is 42.5 Å². The van der Waals surface area contributed by atoms with E-state index in [2.05, 4.69) is 30.2 Å². The summed E-state index contributed by atoms with van der Waals surface area (Å²) in [5, 5.41) is 3.58. The van der Waals surface area contributed by atoms with Gasteiger partial charge in [0.2, 0.25) is 0 Å². The number of imidazole rings is 1. The smallest absolute Gasteiger partial charge is 0.182 e. The first-order valence-corrected chi connectivity index (χ1v) is 7.52. The van der Waals surface area contributed by atoms with Crippen molar-refractivity contribution in [2.75, 3.05) is 24.5 Å². The molecule has 2 aliphatic rings. The second-order valence-corrected chi connectivity index (χ2v) is 5.94. The van der Waals surface area contributed by atoms with Gasteiger partial charge in [-0.25, -0.2) is 15.0 Å². The summed E-state index contributed by atoms with van der Waals surface area (Å²) in [4.78, 5) is 18.6. The van der Waals surface area contributed by atoms with Crippen molar-refractivity contribution in [1.29, 1.82) is 0 Å². The van der Waals surface area contributed by atoms with Crippen molar-refractivity contribution in [3.05, 3.63) is 12.7 Å². The summed E-state index contributed by atoms with van der Waals surface area (Å²) in [7, 11) is 0. The van der Waals surface area contributed by atoms with Crippen molar-refractivity contribution in [3.8, 4) is 0 Å². The number of hydrogen-bond acceptors (Lipinski definition) is 5. The van der Waals surface area contributed by atoms with Gasteiger partial charge in [0, 0.05) is 19.1 Å². The van der Waals surface area contributed by atoms with Crippen LogP contribution in [0, 0.1) is 5.92 Å². The zero-order valence-electron chi connectivity index (χ0n) is 11.5. The van der Waals surface area contributed by atoms with Crippen LogP contribution in [0.4, 0.5) is 5.82 Å². The van der Waals surface area contributed by atoms with Gasteiger partial charge in [0.05, 0.1) is 6.33 Å². The maximum Gasteiger partial charge on any atom is 0.182 e. The molecule has 1 aliphatic carbocycles. The molecule has 2 aromatic rings. The van der Waals surface area contributed by atoms with Gasteiger partial charge in [-0.1, -0.05) is 0 Å². The van der Waals surface area contributed by atoms with Gasteiger partial charge < -0.3 is 15.2 Å². The standard InChI is InChI=1S/C14H20N6/c1-2-11(15-5-1)7-20(6-10-3-4-10)14-12-13(17-8-16-12)18-9-19-14/h8-11,15H,1-7H2,(H,16,17,18,19). The Kier molecular flexibility index (Phi) is 3.03. The summed E-state index contributed by atoms with van der Waals surface area (Å²) in [6.45, 7) is 3.27. The molecule has 4 rings (SSSR count). The van der Waals surface area contributed by atoms with E-state index in [9.17, 15) is 0 Å². The predicted octanol–water partition coefficient (Wildman–Crippen LogP) is 1.32. The molecule has 3 heterocycles. The zero-order chi connectivity index (χ0) is 13.4. The van der Waals surface area contributed by atoms with Gasteiger partial charge >= 0.3 is 0 Å². The monoisotopic (exact) mass is 272 g/mol. The number of anilines is 1. The molecular weight excluding hydrogens is 252 g/mol. The van der Waals surface area contributed by atoms with Gasteiger partial charge in [-0.05, 0) is 38.1 Å². The van der Waals surface area contributed by atoms with Crippen LogP contribution in [0.1, 0.15) is 25.7 Å². The Morgan fingerprint density at radius 1 is 1.15 bits per heavy atom. The van der Waals surface area contributed by atoms with Crippen LogP contribution in [0.3, 0.4) is 0 Å². The molecule has 6 heteroatoms. The minimum Gasteiger partial charge on any atom is -0.353 e.